The van der Waals surface area contributed by atoms with Crippen molar-refractivity contribution in [3.05, 3.63) is 57.9 Å². The number of nitrogens with zero attached hydrogens (tertiary/aromatic N) is 3. The first-order valence-electron chi connectivity index (χ1n) is 7.56. The molecule has 0 bridgehead atoms. The Bertz CT molecular complexity index is 893. The fraction of sp³-hybridized carbons (Fsp3) is 0.235. The lowest BCUT2D eigenvalue weighted by Crippen LogP contribution is -2.33. The lowest BCUT2D eigenvalue weighted by molar-refractivity contribution is -0.383. The van der Waals surface area contributed by atoms with Crippen LogP contribution in [0, 0.1) is 10.1 Å². The summed E-state index contributed by atoms with van der Waals surface area (Å²) >= 11 is 0. The zero-order chi connectivity index (χ0) is 18.4. The average Bonchev–Trinajstić information content (AvgIpc) is 2.75. The number of amides is 2. The molecule has 128 valence electrons. The monoisotopic (exact) mass is 340 g/mol. The van der Waals surface area contributed by atoms with Crippen molar-refractivity contribution < 1.29 is 14.5 Å². The SMILES string of the molecule is CN1C(=O)C(C)(C)c2cc(NC(=O)c3cccnc3)c([N+](=O)[O-])cc21. The van der Waals surface area contributed by atoms with Crippen LogP contribution in [0.2, 0.25) is 0 Å². The fourth-order valence-electron chi connectivity index (χ4n) is 2.94. The summed E-state index contributed by atoms with van der Waals surface area (Å²) in [4.78, 5) is 40.8. The van der Waals surface area contributed by atoms with E-state index in [1.54, 1.807) is 33.0 Å². The molecule has 0 unspecified atom stereocenters. The number of likely N-dealkylation sites (N-methyl/N-ethyl adjacent to an activating group) is 1. The summed E-state index contributed by atoms with van der Waals surface area (Å²) < 4.78 is 0. The lowest BCUT2D eigenvalue weighted by atomic mass is 9.86. The van der Waals surface area contributed by atoms with E-state index in [0.29, 0.717) is 11.3 Å². The van der Waals surface area contributed by atoms with Crippen LogP contribution >= 0.6 is 0 Å². The van der Waals surface area contributed by atoms with E-state index in [1.165, 1.54) is 29.4 Å². The summed E-state index contributed by atoms with van der Waals surface area (Å²) in [6.07, 6.45) is 2.90. The quantitative estimate of drug-likeness (QED) is 0.682. The molecule has 0 radical (unpaired) electrons. The van der Waals surface area contributed by atoms with Crippen molar-refractivity contribution in [1.82, 2.24) is 4.98 Å². The Labute approximate surface area is 143 Å². The van der Waals surface area contributed by atoms with Crippen LogP contribution in [-0.2, 0) is 10.2 Å². The number of nitrogens with one attached hydrogen (secondary N) is 1. The molecule has 2 amide bonds. The van der Waals surface area contributed by atoms with Crippen LogP contribution in [0.15, 0.2) is 36.7 Å². The Kier molecular flexibility index (Phi) is 3.75. The minimum Gasteiger partial charge on any atom is -0.316 e. The number of pyridine rings is 1. The van der Waals surface area contributed by atoms with Gasteiger partial charge in [0.05, 0.1) is 21.6 Å². The zero-order valence-electron chi connectivity index (χ0n) is 13.9. The molecule has 3 rings (SSSR count). The molecular formula is C17H16N4O4. The molecule has 1 aliphatic rings. The van der Waals surface area contributed by atoms with Gasteiger partial charge in [-0.15, -0.1) is 0 Å². The second-order valence-electron chi connectivity index (χ2n) is 6.33. The molecule has 0 atom stereocenters. The van der Waals surface area contributed by atoms with Crippen LogP contribution < -0.4 is 10.2 Å². The second kappa shape index (κ2) is 5.66. The molecule has 2 aromatic rings. The molecule has 1 aliphatic heterocycles. The van der Waals surface area contributed by atoms with Gasteiger partial charge in [0, 0.05) is 25.5 Å². The third-order valence-corrected chi connectivity index (χ3v) is 4.36. The van der Waals surface area contributed by atoms with E-state index >= 15 is 0 Å². The van der Waals surface area contributed by atoms with Crippen LogP contribution in [0.1, 0.15) is 29.8 Å². The number of nitro benzene ring substituents is 1. The fourth-order valence-corrected chi connectivity index (χ4v) is 2.94. The maximum atomic E-state index is 12.4. The molecule has 1 aromatic heterocycles. The van der Waals surface area contributed by atoms with E-state index in [9.17, 15) is 19.7 Å². The van der Waals surface area contributed by atoms with Gasteiger partial charge in [-0.05, 0) is 37.6 Å². The van der Waals surface area contributed by atoms with Gasteiger partial charge in [0.25, 0.3) is 11.6 Å². The van der Waals surface area contributed by atoms with Gasteiger partial charge < -0.3 is 10.2 Å². The molecule has 2 heterocycles. The number of fused-ring (bicyclic) bond motifs is 1. The Balaban J connectivity index is 2.08. The molecule has 0 aliphatic carbocycles. The Hall–Kier alpha value is -3.29. The van der Waals surface area contributed by atoms with Gasteiger partial charge in [-0.1, -0.05) is 0 Å². The summed E-state index contributed by atoms with van der Waals surface area (Å²) in [5.41, 5.74) is 0.340. The van der Waals surface area contributed by atoms with Crippen molar-refractivity contribution in [2.45, 2.75) is 19.3 Å². The molecule has 8 heteroatoms. The molecule has 0 spiro atoms. The molecule has 1 aromatic carbocycles. The summed E-state index contributed by atoms with van der Waals surface area (Å²) in [6.45, 7) is 3.49. The molecule has 0 saturated heterocycles. The molecule has 8 nitrogen and oxygen atoms in total. The minimum atomic E-state index is -0.826. The summed E-state index contributed by atoms with van der Waals surface area (Å²) in [5.74, 6) is -0.667. The zero-order valence-corrected chi connectivity index (χ0v) is 13.9. The molecule has 0 saturated carbocycles. The molecular weight excluding hydrogens is 324 g/mol. The van der Waals surface area contributed by atoms with Crippen molar-refractivity contribution in [3.63, 3.8) is 0 Å². The Morgan fingerprint density at radius 2 is 2.08 bits per heavy atom. The van der Waals surface area contributed by atoms with Gasteiger partial charge in [0.15, 0.2) is 0 Å². The van der Waals surface area contributed by atoms with Crippen LogP contribution in [0.5, 0.6) is 0 Å². The third-order valence-electron chi connectivity index (χ3n) is 4.36. The van der Waals surface area contributed by atoms with Crippen LogP contribution in [0.4, 0.5) is 17.1 Å². The van der Waals surface area contributed by atoms with Gasteiger partial charge in [-0.25, -0.2) is 0 Å². The second-order valence-corrected chi connectivity index (χ2v) is 6.33. The Morgan fingerprint density at radius 3 is 2.68 bits per heavy atom. The van der Waals surface area contributed by atoms with E-state index in [-0.39, 0.29) is 22.8 Å². The van der Waals surface area contributed by atoms with E-state index in [0.717, 1.165) is 0 Å². The number of anilines is 2. The van der Waals surface area contributed by atoms with E-state index in [1.807, 2.05) is 0 Å². The highest BCUT2D eigenvalue weighted by molar-refractivity contribution is 6.10. The van der Waals surface area contributed by atoms with Crippen LogP contribution in [-0.4, -0.2) is 28.8 Å². The normalized spacial score (nSPS) is 15.0. The standard InChI is InChI=1S/C17H16N4O4/c1-17(2)11-7-12(19-15(22)10-5-4-6-18-9-10)14(21(24)25)8-13(11)20(3)16(17)23/h4-9H,1-3H3,(H,19,22). The van der Waals surface area contributed by atoms with Crippen molar-refractivity contribution in [3.8, 4) is 0 Å². The van der Waals surface area contributed by atoms with Crippen molar-refractivity contribution in [1.29, 1.82) is 0 Å². The van der Waals surface area contributed by atoms with Crippen molar-refractivity contribution >= 4 is 28.9 Å². The van der Waals surface area contributed by atoms with Gasteiger partial charge in [0.1, 0.15) is 5.69 Å². The van der Waals surface area contributed by atoms with E-state index in [2.05, 4.69) is 10.3 Å². The number of aromatic nitrogens is 1. The first-order chi connectivity index (χ1) is 11.7. The number of nitro groups is 1. The van der Waals surface area contributed by atoms with Crippen molar-refractivity contribution in [2.24, 2.45) is 0 Å². The number of carbonyl (C=O) groups excluding carboxylic acids is 2. The van der Waals surface area contributed by atoms with E-state index in [4.69, 9.17) is 0 Å². The third kappa shape index (κ3) is 2.61. The predicted molar refractivity (Wildman–Crippen MR) is 91.7 cm³/mol. The van der Waals surface area contributed by atoms with Crippen molar-refractivity contribution in [2.75, 3.05) is 17.3 Å². The molecule has 0 fully saturated rings. The lowest BCUT2D eigenvalue weighted by Gasteiger charge is -2.16. The maximum absolute atomic E-state index is 12.4. The predicted octanol–water partition coefficient (Wildman–Crippen LogP) is 2.50. The highest BCUT2D eigenvalue weighted by Crippen LogP contribution is 2.45. The maximum Gasteiger partial charge on any atom is 0.294 e. The Morgan fingerprint density at radius 1 is 1.36 bits per heavy atom. The molecule has 1 N–H and O–H groups in total. The summed E-state index contributed by atoms with van der Waals surface area (Å²) in [7, 11) is 1.58. The average molecular weight is 340 g/mol. The number of hydrogen-bond donors (Lipinski definition) is 1. The number of rotatable bonds is 3. The largest absolute Gasteiger partial charge is 0.316 e. The highest BCUT2D eigenvalue weighted by Gasteiger charge is 2.43. The van der Waals surface area contributed by atoms with Gasteiger partial charge in [-0.2, -0.15) is 0 Å². The first kappa shape index (κ1) is 16.6. The van der Waals surface area contributed by atoms with Gasteiger partial charge in [-0.3, -0.25) is 24.7 Å². The van der Waals surface area contributed by atoms with Crippen LogP contribution in [0.3, 0.4) is 0 Å². The smallest absolute Gasteiger partial charge is 0.294 e. The highest BCUT2D eigenvalue weighted by atomic mass is 16.6. The molecule has 25 heavy (non-hydrogen) atoms. The summed E-state index contributed by atoms with van der Waals surface area (Å²) in [6, 6.07) is 5.98. The number of benzene rings is 1. The number of hydrogen-bond acceptors (Lipinski definition) is 5. The summed E-state index contributed by atoms with van der Waals surface area (Å²) in [5, 5.41) is 14.0. The van der Waals surface area contributed by atoms with Gasteiger partial charge in [0.2, 0.25) is 5.91 Å². The number of carbonyl (C=O) groups is 2. The topological polar surface area (TPSA) is 105 Å². The first-order valence-corrected chi connectivity index (χ1v) is 7.56. The minimum absolute atomic E-state index is 0.0498. The van der Waals surface area contributed by atoms with Gasteiger partial charge >= 0.3 is 0 Å². The van der Waals surface area contributed by atoms with Crippen LogP contribution in [0.25, 0.3) is 0 Å². The van der Waals surface area contributed by atoms with E-state index < -0.39 is 16.2 Å².